The number of nitrogens with zero attached hydrogens (tertiary/aromatic N) is 2. The van der Waals surface area contributed by atoms with Gasteiger partial charge in [-0.3, -0.25) is 4.90 Å². The molecule has 3 nitrogen and oxygen atoms in total. The van der Waals surface area contributed by atoms with Crippen molar-refractivity contribution in [2.24, 2.45) is 11.7 Å². The highest BCUT2D eigenvalue weighted by atomic mass is 15.2. The Kier molecular flexibility index (Phi) is 2.85. The van der Waals surface area contributed by atoms with Crippen LogP contribution in [0.5, 0.6) is 0 Å². The summed E-state index contributed by atoms with van der Waals surface area (Å²) in [6.45, 7) is 1.83. The van der Waals surface area contributed by atoms with Gasteiger partial charge in [0.25, 0.3) is 0 Å². The first-order valence-electron chi connectivity index (χ1n) is 6.68. The Bertz CT molecular complexity index is 448. The van der Waals surface area contributed by atoms with Gasteiger partial charge < -0.3 is 5.73 Å². The van der Waals surface area contributed by atoms with E-state index in [1.165, 1.54) is 12.0 Å². The number of rotatable bonds is 2. The zero-order chi connectivity index (χ0) is 12.6. The van der Waals surface area contributed by atoms with Crippen molar-refractivity contribution < 1.29 is 0 Å². The molecule has 2 heterocycles. The minimum absolute atomic E-state index is 0.581. The second-order valence-corrected chi connectivity index (χ2v) is 5.75. The molecule has 0 spiro atoms. The van der Waals surface area contributed by atoms with Gasteiger partial charge in [-0.25, -0.2) is 0 Å². The molecular formula is C15H19N3. The van der Waals surface area contributed by atoms with Crippen molar-refractivity contribution >= 4 is 0 Å². The Hall–Kier alpha value is -1.37. The molecule has 0 aliphatic carbocycles. The van der Waals surface area contributed by atoms with Gasteiger partial charge in [0.1, 0.15) is 5.54 Å². The average molecular weight is 241 g/mol. The van der Waals surface area contributed by atoms with Gasteiger partial charge in [-0.05, 0) is 37.3 Å². The molecule has 3 rings (SSSR count). The van der Waals surface area contributed by atoms with E-state index < -0.39 is 5.54 Å². The first-order valence-corrected chi connectivity index (χ1v) is 6.68. The molecule has 2 aliphatic rings. The van der Waals surface area contributed by atoms with Gasteiger partial charge in [-0.2, -0.15) is 5.26 Å². The van der Waals surface area contributed by atoms with E-state index in [1.54, 1.807) is 0 Å². The van der Waals surface area contributed by atoms with Gasteiger partial charge in [0.15, 0.2) is 0 Å². The molecule has 0 amide bonds. The van der Waals surface area contributed by atoms with Crippen LogP contribution in [0.25, 0.3) is 0 Å². The van der Waals surface area contributed by atoms with Crippen LogP contribution in [0.4, 0.5) is 0 Å². The minimum atomic E-state index is -0.617. The lowest BCUT2D eigenvalue weighted by Gasteiger charge is -2.40. The van der Waals surface area contributed by atoms with E-state index >= 15 is 0 Å². The van der Waals surface area contributed by atoms with Crippen molar-refractivity contribution in [3.8, 4) is 6.07 Å². The molecule has 4 atom stereocenters. The van der Waals surface area contributed by atoms with Crippen molar-refractivity contribution in [1.29, 1.82) is 5.26 Å². The summed E-state index contributed by atoms with van der Waals surface area (Å²) in [5, 5.41) is 9.19. The molecule has 3 heteroatoms. The maximum atomic E-state index is 9.19. The Morgan fingerprint density at radius 2 is 2.17 bits per heavy atom. The number of benzene rings is 1. The van der Waals surface area contributed by atoms with E-state index in [0.29, 0.717) is 12.0 Å². The molecular weight excluding hydrogens is 222 g/mol. The number of fused-ring (bicyclic) bond motifs is 2. The SMILES string of the molecule is N#C[C@]1(N)C[C@@H]2CCN(C1)C2Cc1ccccc1. The fourth-order valence-corrected chi connectivity index (χ4v) is 3.55. The van der Waals surface area contributed by atoms with Crippen molar-refractivity contribution in [3.63, 3.8) is 0 Å². The number of nitriles is 1. The largest absolute Gasteiger partial charge is 0.312 e. The van der Waals surface area contributed by atoms with Crippen molar-refractivity contribution in [2.75, 3.05) is 13.1 Å². The van der Waals surface area contributed by atoms with E-state index in [2.05, 4.69) is 41.3 Å². The predicted molar refractivity (Wildman–Crippen MR) is 70.8 cm³/mol. The maximum absolute atomic E-state index is 9.19. The molecule has 0 radical (unpaired) electrons. The topological polar surface area (TPSA) is 53.1 Å². The lowest BCUT2D eigenvalue weighted by atomic mass is 9.79. The molecule has 0 saturated carbocycles. The third kappa shape index (κ3) is 2.03. The molecule has 2 aliphatic heterocycles. The van der Waals surface area contributed by atoms with Gasteiger partial charge >= 0.3 is 0 Å². The fraction of sp³-hybridized carbons (Fsp3) is 0.533. The minimum Gasteiger partial charge on any atom is -0.312 e. The Morgan fingerprint density at radius 1 is 1.39 bits per heavy atom. The average Bonchev–Trinajstić information content (AvgIpc) is 2.64. The summed E-state index contributed by atoms with van der Waals surface area (Å²) in [4.78, 5) is 2.42. The lowest BCUT2D eigenvalue weighted by Crippen LogP contribution is -2.57. The van der Waals surface area contributed by atoms with Gasteiger partial charge in [-0.15, -0.1) is 0 Å². The number of hydrogen-bond acceptors (Lipinski definition) is 3. The second kappa shape index (κ2) is 4.38. The van der Waals surface area contributed by atoms with Crippen molar-refractivity contribution in [2.45, 2.75) is 30.8 Å². The molecule has 0 aromatic heterocycles. The molecule has 18 heavy (non-hydrogen) atoms. The molecule has 2 unspecified atom stereocenters. The van der Waals surface area contributed by atoms with Crippen LogP contribution in [0.1, 0.15) is 18.4 Å². The van der Waals surface area contributed by atoms with Crippen LogP contribution in [-0.2, 0) is 6.42 Å². The van der Waals surface area contributed by atoms with Crippen LogP contribution in [0.15, 0.2) is 30.3 Å². The maximum Gasteiger partial charge on any atom is 0.117 e. The van der Waals surface area contributed by atoms with E-state index in [1.807, 2.05) is 0 Å². The number of piperidine rings is 1. The quantitative estimate of drug-likeness (QED) is 0.854. The van der Waals surface area contributed by atoms with Crippen LogP contribution in [0.3, 0.4) is 0 Å². The summed E-state index contributed by atoms with van der Waals surface area (Å²) < 4.78 is 0. The summed E-state index contributed by atoms with van der Waals surface area (Å²) in [6.07, 6.45) is 3.14. The highest BCUT2D eigenvalue weighted by Crippen LogP contribution is 2.38. The summed E-state index contributed by atoms with van der Waals surface area (Å²) in [5.41, 5.74) is 6.90. The van der Waals surface area contributed by atoms with Crippen molar-refractivity contribution in [3.05, 3.63) is 35.9 Å². The monoisotopic (exact) mass is 241 g/mol. The lowest BCUT2D eigenvalue weighted by molar-refractivity contribution is 0.131. The molecule has 2 fully saturated rings. The Labute approximate surface area is 108 Å². The first-order chi connectivity index (χ1) is 8.70. The third-order valence-electron chi connectivity index (χ3n) is 4.42. The number of nitrogens with two attached hydrogens (primary N) is 1. The molecule has 1 aromatic carbocycles. The van der Waals surface area contributed by atoms with Gasteiger partial charge in [-0.1, -0.05) is 30.3 Å². The highest BCUT2D eigenvalue weighted by molar-refractivity contribution is 5.20. The van der Waals surface area contributed by atoms with Crippen LogP contribution >= 0.6 is 0 Å². The zero-order valence-corrected chi connectivity index (χ0v) is 10.5. The second-order valence-electron chi connectivity index (χ2n) is 5.75. The predicted octanol–water partition coefficient (Wildman–Crippen LogP) is 1.54. The van der Waals surface area contributed by atoms with Crippen molar-refractivity contribution in [1.82, 2.24) is 4.90 Å². The van der Waals surface area contributed by atoms with Gasteiger partial charge in [0.2, 0.25) is 0 Å². The van der Waals surface area contributed by atoms with Crippen LogP contribution in [0.2, 0.25) is 0 Å². The highest BCUT2D eigenvalue weighted by Gasteiger charge is 2.46. The molecule has 1 aromatic rings. The summed E-state index contributed by atoms with van der Waals surface area (Å²) in [7, 11) is 0. The molecule has 2 saturated heterocycles. The van der Waals surface area contributed by atoms with Crippen LogP contribution in [0, 0.1) is 17.2 Å². The molecule has 94 valence electrons. The molecule has 2 N–H and O–H groups in total. The van der Waals surface area contributed by atoms with E-state index in [4.69, 9.17) is 5.73 Å². The van der Waals surface area contributed by atoms with Crippen LogP contribution < -0.4 is 5.73 Å². The summed E-state index contributed by atoms with van der Waals surface area (Å²) in [6, 6.07) is 13.5. The molecule has 2 bridgehead atoms. The van der Waals surface area contributed by atoms with E-state index in [0.717, 1.165) is 25.9 Å². The van der Waals surface area contributed by atoms with Gasteiger partial charge in [0.05, 0.1) is 6.07 Å². The number of hydrogen-bond donors (Lipinski definition) is 1. The summed E-state index contributed by atoms with van der Waals surface area (Å²) in [5.74, 6) is 0.587. The normalized spacial score (nSPS) is 38.3. The smallest absolute Gasteiger partial charge is 0.117 e. The summed E-state index contributed by atoms with van der Waals surface area (Å²) >= 11 is 0. The van der Waals surface area contributed by atoms with Gasteiger partial charge in [0, 0.05) is 12.6 Å². The first kappa shape index (κ1) is 11.7. The Morgan fingerprint density at radius 3 is 2.83 bits per heavy atom. The fourth-order valence-electron chi connectivity index (χ4n) is 3.55. The van der Waals surface area contributed by atoms with Crippen LogP contribution in [-0.4, -0.2) is 29.6 Å². The third-order valence-corrected chi connectivity index (χ3v) is 4.42. The zero-order valence-electron chi connectivity index (χ0n) is 10.5. The van der Waals surface area contributed by atoms with E-state index in [9.17, 15) is 5.26 Å². The standard InChI is InChI=1S/C15H19N3/c16-10-15(17)9-13-6-7-18(11-15)14(13)8-12-4-2-1-3-5-12/h1-5,13-14H,6-9,11,17H2/t13-,14?,15+/m0/s1. The Balaban J connectivity index is 1.75. The van der Waals surface area contributed by atoms with E-state index in [-0.39, 0.29) is 0 Å².